The molecule has 0 amide bonds. The summed E-state index contributed by atoms with van der Waals surface area (Å²) < 4.78 is 0. The SMILES string of the molecule is [C].[C].[Co].[Co].[Co].[Cr].[Cr]. The molecule has 0 aromatic carbocycles. The van der Waals surface area contributed by atoms with Crippen LogP contribution in [0.1, 0.15) is 0 Å². The van der Waals surface area contributed by atoms with Crippen molar-refractivity contribution in [2.75, 3.05) is 0 Å². The molecular formula is C2Co3Cr2. The van der Waals surface area contributed by atoms with Crippen LogP contribution in [0.4, 0.5) is 0 Å². The van der Waals surface area contributed by atoms with Crippen LogP contribution >= 0.6 is 0 Å². The van der Waals surface area contributed by atoms with Gasteiger partial charge in [0.05, 0.1) is 0 Å². The van der Waals surface area contributed by atoms with Crippen molar-refractivity contribution in [3.8, 4) is 0 Å². The van der Waals surface area contributed by atoms with E-state index < -0.39 is 0 Å². The van der Waals surface area contributed by atoms with Crippen molar-refractivity contribution in [2.45, 2.75) is 0 Å². The summed E-state index contributed by atoms with van der Waals surface area (Å²) in [4.78, 5) is 0. The predicted octanol–water partition coefficient (Wildman–Crippen LogP) is 0.150. The molecule has 0 aliphatic carbocycles. The van der Waals surface area contributed by atoms with Crippen LogP contribution in [-0.2, 0) is 85.1 Å². The summed E-state index contributed by atoms with van der Waals surface area (Å²) in [6, 6.07) is 0. The maximum Gasteiger partial charge on any atom is 0 e. The zero-order valence-corrected chi connectivity index (χ0v) is 8.49. The molecule has 0 unspecified atom stereocenters. The Kier molecular flexibility index (Phi) is 1120. The van der Waals surface area contributed by atoms with E-state index in [4.69, 9.17) is 0 Å². The van der Waals surface area contributed by atoms with E-state index in [9.17, 15) is 0 Å². The third kappa shape index (κ3) is 55.7. The minimum Gasteiger partial charge on any atom is 0 e. The van der Waals surface area contributed by atoms with Gasteiger partial charge in [-0.3, -0.25) is 0 Å². The maximum atomic E-state index is 0. The Morgan fingerprint density at radius 1 is 0.429 bits per heavy atom. The minimum atomic E-state index is 0. The largest absolute Gasteiger partial charge is 0 e. The predicted molar refractivity (Wildman–Crippen MR) is 6.49 cm³/mol. The summed E-state index contributed by atoms with van der Waals surface area (Å²) in [6.45, 7) is 0. The molecule has 0 aromatic heterocycles. The molecule has 0 saturated carbocycles. The quantitative estimate of drug-likeness (QED) is 0.598. The Bertz CT molecular complexity index is 10.9. The van der Waals surface area contributed by atoms with E-state index in [1.165, 1.54) is 0 Å². The van der Waals surface area contributed by atoms with Crippen molar-refractivity contribution in [3.63, 3.8) is 0 Å². The van der Waals surface area contributed by atoms with Crippen LogP contribution in [0, 0.1) is 14.9 Å². The molecule has 0 spiro atoms. The Balaban J connectivity index is 0. The van der Waals surface area contributed by atoms with E-state index in [2.05, 4.69) is 0 Å². The van der Waals surface area contributed by atoms with Crippen LogP contribution in [0.15, 0.2) is 0 Å². The van der Waals surface area contributed by atoms with Gasteiger partial charge in [0.25, 0.3) is 0 Å². The molecule has 0 rings (SSSR count). The topological polar surface area (TPSA) is 0 Å². The van der Waals surface area contributed by atoms with Gasteiger partial charge in [0.1, 0.15) is 0 Å². The molecule has 0 aliphatic rings. The standard InChI is InChI=1S/2C.3Co.2Cr. The van der Waals surface area contributed by atoms with Gasteiger partial charge in [-0.25, -0.2) is 0 Å². The van der Waals surface area contributed by atoms with Gasteiger partial charge >= 0.3 is 0 Å². The molecule has 0 saturated heterocycles. The van der Waals surface area contributed by atoms with E-state index >= 15 is 0 Å². The van der Waals surface area contributed by atoms with Crippen LogP contribution in [0.5, 0.6) is 0 Å². The third-order valence-corrected chi connectivity index (χ3v) is 0. The summed E-state index contributed by atoms with van der Waals surface area (Å²) in [5, 5.41) is 0. The molecule has 7 heavy (non-hydrogen) atoms. The number of hydrogen-bond donors (Lipinski definition) is 0. The van der Waals surface area contributed by atoms with Gasteiger partial charge < -0.3 is 0 Å². The second-order valence-electron chi connectivity index (χ2n) is 0. The van der Waals surface area contributed by atoms with E-state index in [1.807, 2.05) is 0 Å². The Hall–Kier alpha value is 2.58. The fraction of sp³-hybridized carbons (Fsp3) is 0. The van der Waals surface area contributed by atoms with Crippen molar-refractivity contribution < 1.29 is 85.1 Å². The number of rotatable bonds is 0. The molecule has 0 atom stereocenters. The van der Waals surface area contributed by atoms with Gasteiger partial charge in [-0.15, -0.1) is 0 Å². The van der Waals surface area contributed by atoms with Gasteiger partial charge in [0.15, 0.2) is 0 Å². The van der Waals surface area contributed by atoms with E-state index in [0.717, 1.165) is 0 Å². The van der Waals surface area contributed by atoms with Crippen molar-refractivity contribution in [1.82, 2.24) is 0 Å². The molecule has 0 aliphatic heterocycles. The van der Waals surface area contributed by atoms with Gasteiger partial charge in [0.2, 0.25) is 0 Å². The summed E-state index contributed by atoms with van der Waals surface area (Å²) >= 11 is 0. The average Bonchev–Trinajstić information content (AvgIpc) is 0. The summed E-state index contributed by atoms with van der Waals surface area (Å²) in [5.74, 6) is 0. The Labute approximate surface area is 98.8 Å². The second-order valence-corrected chi connectivity index (χ2v) is 0. The van der Waals surface area contributed by atoms with E-state index in [0.29, 0.717) is 0 Å². The van der Waals surface area contributed by atoms with Crippen LogP contribution in [0.3, 0.4) is 0 Å². The summed E-state index contributed by atoms with van der Waals surface area (Å²) in [7, 11) is 0. The first kappa shape index (κ1) is 106. The van der Waals surface area contributed by atoms with Crippen LogP contribution < -0.4 is 0 Å². The first-order valence-electron chi connectivity index (χ1n) is 0. The fourth-order valence-corrected chi connectivity index (χ4v) is 0. The first-order valence-corrected chi connectivity index (χ1v) is 0. The van der Waals surface area contributed by atoms with Crippen LogP contribution in [0.2, 0.25) is 0 Å². The summed E-state index contributed by atoms with van der Waals surface area (Å²) in [5.41, 5.74) is 0. The van der Waals surface area contributed by atoms with Gasteiger partial charge in [-0.2, -0.15) is 0 Å². The average molecular weight is 305 g/mol. The Morgan fingerprint density at radius 2 is 0.429 bits per heavy atom. The zero-order valence-electron chi connectivity index (χ0n) is 2.82. The molecule has 11 radical (unpaired) electrons. The van der Waals surface area contributed by atoms with Gasteiger partial charge in [-0.05, 0) is 0 Å². The van der Waals surface area contributed by atoms with Gasteiger partial charge in [-0.1, -0.05) is 0 Å². The third-order valence-electron chi connectivity index (χ3n) is 0. The van der Waals surface area contributed by atoms with Crippen molar-refractivity contribution >= 4 is 0 Å². The second kappa shape index (κ2) is 73.9. The molecule has 0 aromatic rings. The van der Waals surface area contributed by atoms with Crippen molar-refractivity contribution in [2.24, 2.45) is 0 Å². The molecule has 47 valence electrons. The van der Waals surface area contributed by atoms with Crippen molar-refractivity contribution in [1.29, 1.82) is 0 Å². The van der Waals surface area contributed by atoms with Crippen LogP contribution in [0.25, 0.3) is 0 Å². The monoisotopic (exact) mass is 305 g/mol. The molecule has 0 nitrogen and oxygen atoms in total. The maximum absolute atomic E-state index is 0. The van der Waals surface area contributed by atoms with Crippen LogP contribution in [-0.4, -0.2) is 0 Å². The molecule has 0 fully saturated rings. The molecule has 0 N–H and O–H groups in total. The van der Waals surface area contributed by atoms with Gasteiger partial charge in [0, 0.05) is 99.9 Å². The van der Waals surface area contributed by atoms with Crippen molar-refractivity contribution in [3.05, 3.63) is 14.9 Å². The summed E-state index contributed by atoms with van der Waals surface area (Å²) in [6.07, 6.45) is 0. The molecular weight excluding hydrogens is 305 g/mol. The van der Waals surface area contributed by atoms with E-state index in [-0.39, 0.29) is 99.9 Å². The molecule has 5 heteroatoms. The normalized spacial score (nSPS) is 0. The zero-order chi connectivity index (χ0) is 0. The Morgan fingerprint density at radius 3 is 0.429 bits per heavy atom. The van der Waals surface area contributed by atoms with E-state index in [1.54, 1.807) is 0 Å². The molecule has 0 bridgehead atoms. The minimum absolute atomic E-state index is 0. The smallest absolute Gasteiger partial charge is 0 e. The number of hydrogen-bond acceptors (Lipinski definition) is 0. The first-order chi connectivity index (χ1) is 0. The molecule has 0 heterocycles. The fourth-order valence-electron chi connectivity index (χ4n) is 0.